The molecule has 0 aromatic heterocycles. The van der Waals surface area contributed by atoms with E-state index in [4.69, 9.17) is 11.6 Å². The number of sulfone groups is 1. The second kappa shape index (κ2) is 5.65. The van der Waals surface area contributed by atoms with Gasteiger partial charge in [0.1, 0.15) is 0 Å². The number of hydrogen-bond acceptors (Lipinski definition) is 3. The number of carboxylic acid groups (broad SMARTS) is 1. The molecule has 23 heavy (non-hydrogen) atoms. The molecule has 120 valence electrons. The van der Waals surface area contributed by atoms with Crippen LogP contribution < -0.4 is 0 Å². The van der Waals surface area contributed by atoms with E-state index in [1.807, 2.05) is 6.92 Å². The van der Waals surface area contributed by atoms with E-state index in [9.17, 15) is 18.3 Å². The number of carbonyl (C=O) groups is 1. The maximum absolute atomic E-state index is 12.8. The first-order valence-corrected chi connectivity index (χ1v) is 9.03. The SMILES string of the molecule is Cc1ccc(S(=O)(=O)[C@H]2[C@@H](C(=O)O)[C@@H]2c2ccc(Cl)cc2)cc1. The highest BCUT2D eigenvalue weighted by molar-refractivity contribution is 7.92. The van der Waals surface area contributed by atoms with Gasteiger partial charge in [-0.15, -0.1) is 0 Å². The fraction of sp³-hybridized carbons (Fsp3) is 0.235. The summed E-state index contributed by atoms with van der Waals surface area (Å²) in [6, 6.07) is 13.1. The van der Waals surface area contributed by atoms with Crippen LogP contribution in [-0.4, -0.2) is 24.7 Å². The summed E-state index contributed by atoms with van der Waals surface area (Å²) in [6.45, 7) is 1.87. The van der Waals surface area contributed by atoms with Crippen LogP contribution in [0, 0.1) is 12.8 Å². The molecule has 0 aliphatic heterocycles. The molecular weight excluding hydrogens is 336 g/mol. The second-order valence-corrected chi connectivity index (χ2v) is 8.31. The highest BCUT2D eigenvalue weighted by atomic mass is 35.5. The summed E-state index contributed by atoms with van der Waals surface area (Å²) in [6.07, 6.45) is 0. The average molecular weight is 351 g/mol. The Morgan fingerprint density at radius 1 is 1.04 bits per heavy atom. The number of hydrogen-bond donors (Lipinski definition) is 1. The largest absolute Gasteiger partial charge is 0.481 e. The highest BCUT2D eigenvalue weighted by Gasteiger charge is 2.63. The molecule has 1 N–H and O–H groups in total. The van der Waals surface area contributed by atoms with E-state index in [2.05, 4.69) is 0 Å². The van der Waals surface area contributed by atoms with Gasteiger partial charge in [0.25, 0.3) is 0 Å². The van der Waals surface area contributed by atoms with Crippen molar-refractivity contribution in [3.8, 4) is 0 Å². The zero-order valence-electron chi connectivity index (χ0n) is 12.3. The zero-order chi connectivity index (χ0) is 16.8. The number of rotatable bonds is 4. The van der Waals surface area contributed by atoms with E-state index in [0.29, 0.717) is 10.6 Å². The molecule has 3 atom stereocenters. The maximum atomic E-state index is 12.8. The van der Waals surface area contributed by atoms with Crippen LogP contribution in [0.2, 0.25) is 5.02 Å². The summed E-state index contributed by atoms with van der Waals surface area (Å²) >= 11 is 5.84. The minimum Gasteiger partial charge on any atom is -0.481 e. The van der Waals surface area contributed by atoms with E-state index in [1.165, 1.54) is 12.1 Å². The van der Waals surface area contributed by atoms with Gasteiger partial charge in [-0.05, 0) is 36.8 Å². The molecule has 0 bridgehead atoms. The lowest BCUT2D eigenvalue weighted by Gasteiger charge is -2.05. The van der Waals surface area contributed by atoms with E-state index in [-0.39, 0.29) is 4.90 Å². The van der Waals surface area contributed by atoms with Crippen LogP contribution in [0.15, 0.2) is 53.4 Å². The van der Waals surface area contributed by atoms with E-state index < -0.39 is 32.9 Å². The number of benzene rings is 2. The van der Waals surface area contributed by atoms with Gasteiger partial charge in [0.15, 0.2) is 9.84 Å². The third kappa shape index (κ3) is 2.86. The Bertz CT molecular complexity index is 841. The van der Waals surface area contributed by atoms with Crippen molar-refractivity contribution in [3.63, 3.8) is 0 Å². The number of halogens is 1. The van der Waals surface area contributed by atoms with Crippen LogP contribution >= 0.6 is 11.6 Å². The molecule has 2 aromatic rings. The first kappa shape index (κ1) is 16.0. The topological polar surface area (TPSA) is 71.4 Å². The van der Waals surface area contributed by atoms with Crippen LogP contribution in [0.3, 0.4) is 0 Å². The van der Waals surface area contributed by atoms with Gasteiger partial charge < -0.3 is 5.11 Å². The molecule has 3 rings (SSSR count). The lowest BCUT2D eigenvalue weighted by Crippen LogP contribution is -2.13. The Morgan fingerprint density at radius 3 is 2.13 bits per heavy atom. The van der Waals surface area contributed by atoms with Crippen LogP contribution in [0.1, 0.15) is 17.0 Å². The molecule has 1 aliphatic carbocycles. The Morgan fingerprint density at radius 2 is 1.61 bits per heavy atom. The van der Waals surface area contributed by atoms with Gasteiger partial charge in [0.05, 0.1) is 16.1 Å². The van der Waals surface area contributed by atoms with Crippen molar-refractivity contribution < 1.29 is 18.3 Å². The van der Waals surface area contributed by atoms with Gasteiger partial charge in [-0.1, -0.05) is 41.4 Å². The Hall–Kier alpha value is -1.85. The van der Waals surface area contributed by atoms with E-state index in [0.717, 1.165) is 5.56 Å². The molecule has 2 aromatic carbocycles. The lowest BCUT2D eigenvalue weighted by atomic mass is 10.1. The van der Waals surface area contributed by atoms with E-state index in [1.54, 1.807) is 36.4 Å². The first-order valence-electron chi connectivity index (χ1n) is 7.11. The predicted molar refractivity (Wildman–Crippen MR) is 87.5 cm³/mol. The number of aliphatic carboxylic acids is 1. The summed E-state index contributed by atoms with van der Waals surface area (Å²) in [5.74, 6) is -2.57. The molecule has 1 saturated carbocycles. The molecule has 1 aliphatic rings. The quantitative estimate of drug-likeness (QED) is 0.918. The van der Waals surface area contributed by atoms with Crippen molar-refractivity contribution in [2.24, 2.45) is 5.92 Å². The molecule has 1 fully saturated rings. The smallest absolute Gasteiger partial charge is 0.308 e. The molecule has 0 spiro atoms. The summed E-state index contributed by atoms with van der Waals surface area (Å²) in [5.41, 5.74) is 1.63. The molecule has 6 heteroatoms. The standard InChI is InChI=1S/C17H15ClO4S/c1-10-2-8-13(9-3-10)23(21,22)16-14(15(16)17(19)20)11-4-6-12(18)7-5-11/h2-9,14-16H,1H3,(H,19,20)/t14-,15-,16+/m0/s1. The van der Waals surface area contributed by atoms with E-state index >= 15 is 0 Å². The number of aryl methyl sites for hydroxylation is 1. The lowest BCUT2D eigenvalue weighted by molar-refractivity contribution is -0.138. The minimum atomic E-state index is -3.70. The normalized spacial score (nSPS) is 23.5. The Balaban J connectivity index is 1.98. The van der Waals surface area contributed by atoms with Gasteiger partial charge >= 0.3 is 5.97 Å². The van der Waals surface area contributed by atoms with Crippen LogP contribution in [0.4, 0.5) is 0 Å². The first-order chi connectivity index (χ1) is 10.8. The summed E-state index contributed by atoms with van der Waals surface area (Å²) in [5, 5.41) is 8.96. The van der Waals surface area contributed by atoms with Crippen molar-refractivity contribution in [2.75, 3.05) is 0 Å². The summed E-state index contributed by atoms with van der Waals surface area (Å²) < 4.78 is 25.6. The van der Waals surface area contributed by atoms with Gasteiger partial charge in [-0.2, -0.15) is 0 Å². The predicted octanol–water partition coefficient (Wildman–Crippen LogP) is 3.29. The summed E-state index contributed by atoms with van der Waals surface area (Å²) in [7, 11) is -3.70. The third-order valence-corrected chi connectivity index (χ3v) is 6.69. The van der Waals surface area contributed by atoms with Crippen molar-refractivity contribution in [1.82, 2.24) is 0 Å². The van der Waals surface area contributed by atoms with Crippen LogP contribution in [0.25, 0.3) is 0 Å². The molecule has 4 nitrogen and oxygen atoms in total. The van der Waals surface area contributed by atoms with Crippen molar-refractivity contribution >= 4 is 27.4 Å². The molecule has 0 radical (unpaired) electrons. The number of carboxylic acids is 1. The molecular formula is C17H15ClO4S. The molecule has 0 heterocycles. The van der Waals surface area contributed by atoms with Gasteiger partial charge in [-0.3, -0.25) is 4.79 Å². The molecule has 0 unspecified atom stereocenters. The molecule has 0 saturated heterocycles. The van der Waals surface area contributed by atoms with Gasteiger partial charge in [0.2, 0.25) is 0 Å². The zero-order valence-corrected chi connectivity index (χ0v) is 13.9. The third-order valence-electron chi connectivity index (χ3n) is 4.20. The van der Waals surface area contributed by atoms with Crippen LogP contribution in [-0.2, 0) is 14.6 Å². The minimum absolute atomic E-state index is 0.163. The van der Waals surface area contributed by atoms with Gasteiger partial charge in [0, 0.05) is 10.9 Å². The second-order valence-electron chi connectivity index (χ2n) is 5.76. The van der Waals surface area contributed by atoms with Gasteiger partial charge in [-0.25, -0.2) is 8.42 Å². The summed E-state index contributed by atoms with van der Waals surface area (Å²) in [4.78, 5) is 11.6. The van der Waals surface area contributed by atoms with Crippen molar-refractivity contribution in [1.29, 1.82) is 0 Å². The van der Waals surface area contributed by atoms with Crippen molar-refractivity contribution in [3.05, 3.63) is 64.7 Å². The van der Waals surface area contributed by atoms with Crippen molar-refractivity contribution in [2.45, 2.75) is 23.0 Å². The Labute approximate surface area is 139 Å². The fourth-order valence-corrected chi connectivity index (χ4v) is 5.18. The molecule has 0 amide bonds. The highest BCUT2D eigenvalue weighted by Crippen LogP contribution is 2.54. The van der Waals surface area contributed by atoms with Crippen LogP contribution in [0.5, 0.6) is 0 Å². The maximum Gasteiger partial charge on any atom is 0.308 e. The Kier molecular flexibility index (Phi) is 3.94. The monoisotopic (exact) mass is 350 g/mol. The average Bonchev–Trinajstić information content (AvgIpc) is 3.25. The fourth-order valence-electron chi connectivity index (χ4n) is 2.93.